The minimum atomic E-state index is -1.81. The number of hydrogen-bond donors (Lipinski definition) is 1. The number of benzene rings is 1. The van der Waals surface area contributed by atoms with E-state index < -0.39 is 58.9 Å². The number of rotatable bonds is 4. The van der Waals surface area contributed by atoms with E-state index in [1.165, 1.54) is 13.8 Å². The number of ether oxygens (including phenoxy) is 3. The van der Waals surface area contributed by atoms with Crippen LogP contribution in [0, 0.1) is 17.3 Å². The Balaban J connectivity index is 2.16. The molecule has 3 rings (SSSR count). The van der Waals surface area contributed by atoms with Gasteiger partial charge < -0.3 is 19.3 Å². The Labute approximate surface area is 230 Å². The lowest BCUT2D eigenvalue weighted by atomic mass is 9.76. The molecule has 0 radical (unpaired) electrons. The maximum absolute atomic E-state index is 13.7. The van der Waals surface area contributed by atoms with Crippen molar-refractivity contribution in [2.45, 2.75) is 91.6 Å². The molecule has 1 fully saturated rings. The molecule has 39 heavy (non-hydrogen) atoms. The van der Waals surface area contributed by atoms with Crippen LogP contribution in [0.15, 0.2) is 53.6 Å². The minimum Gasteiger partial charge on any atom is -0.462 e. The Morgan fingerprint density at radius 2 is 1.59 bits per heavy atom. The molecule has 0 saturated heterocycles. The lowest BCUT2D eigenvalue weighted by Gasteiger charge is -2.37. The minimum absolute atomic E-state index is 0.108. The van der Waals surface area contributed by atoms with Gasteiger partial charge in [0.05, 0.1) is 11.5 Å². The molecule has 8 nitrogen and oxygen atoms in total. The van der Waals surface area contributed by atoms with Gasteiger partial charge in [-0.15, -0.1) is 0 Å². The zero-order valence-electron chi connectivity index (χ0n) is 23.9. The molecule has 0 heterocycles. The second-order valence-electron chi connectivity index (χ2n) is 11.6. The van der Waals surface area contributed by atoms with Crippen molar-refractivity contribution in [2.75, 3.05) is 0 Å². The third-order valence-electron chi connectivity index (χ3n) is 7.90. The molecular weight excluding hydrogens is 500 g/mol. The van der Waals surface area contributed by atoms with Crippen LogP contribution in [0.1, 0.15) is 78.1 Å². The van der Waals surface area contributed by atoms with Gasteiger partial charge in [-0.05, 0) is 55.9 Å². The van der Waals surface area contributed by atoms with Gasteiger partial charge in [0.25, 0.3) is 0 Å². The van der Waals surface area contributed by atoms with Crippen LogP contribution >= 0.6 is 0 Å². The van der Waals surface area contributed by atoms with Gasteiger partial charge in [0.2, 0.25) is 0 Å². The van der Waals surface area contributed by atoms with Crippen molar-refractivity contribution in [2.24, 2.45) is 17.3 Å². The van der Waals surface area contributed by atoms with E-state index in [4.69, 9.17) is 14.2 Å². The highest BCUT2D eigenvalue weighted by atomic mass is 16.6. The summed E-state index contributed by atoms with van der Waals surface area (Å²) >= 11 is 0. The first-order valence-corrected chi connectivity index (χ1v) is 13.4. The van der Waals surface area contributed by atoms with Crippen molar-refractivity contribution in [1.29, 1.82) is 0 Å². The quantitative estimate of drug-likeness (QED) is 0.331. The molecule has 0 bridgehead atoms. The summed E-state index contributed by atoms with van der Waals surface area (Å²) in [6.45, 7) is 11.7. The molecule has 0 unspecified atom stereocenters. The Morgan fingerprint density at radius 3 is 2.18 bits per heavy atom. The van der Waals surface area contributed by atoms with Gasteiger partial charge >= 0.3 is 17.9 Å². The van der Waals surface area contributed by atoms with Crippen LogP contribution in [0.2, 0.25) is 0 Å². The van der Waals surface area contributed by atoms with Gasteiger partial charge in [0, 0.05) is 25.7 Å². The first-order valence-electron chi connectivity index (χ1n) is 13.4. The smallest absolute Gasteiger partial charge is 0.338 e. The molecule has 0 spiro atoms. The normalized spacial score (nSPS) is 33.6. The second kappa shape index (κ2) is 11.9. The molecule has 1 aromatic carbocycles. The molecule has 0 amide bonds. The van der Waals surface area contributed by atoms with Crippen LogP contribution in [0.4, 0.5) is 0 Å². The van der Waals surface area contributed by atoms with Crippen molar-refractivity contribution in [3.63, 3.8) is 0 Å². The average molecular weight is 541 g/mol. The van der Waals surface area contributed by atoms with Crippen LogP contribution in [0.25, 0.3) is 0 Å². The lowest BCUT2D eigenvalue weighted by Crippen LogP contribution is -2.46. The number of carbonyl (C=O) groups excluding carboxylic acids is 4. The molecule has 0 aromatic heterocycles. The van der Waals surface area contributed by atoms with Crippen molar-refractivity contribution in [3.8, 4) is 0 Å². The molecular formula is C31H40O8. The molecule has 1 aromatic rings. The molecule has 1 saturated carbocycles. The van der Waals surface area contributed by atoms with E-state index in [0.717, 1.165) is 0 Å². The van der Waals surface area contributed by atoms with E-state index in [1.54, 1.807) is 56.3 Å². The standard InChI is InChI=1S/C31H40O8/c1-18-13-14-30(6,7)26(37-21(4)32)16-25(39-29(35)23-11-9-8-10-12-23)19(2)15-24-27(38-22(5)33)20(3)17-31(24,36)28(18)34/h8-13,15,20,24-27,36H,14,16-17H2,1-7H3/b18-13+,19-15+/t20-,24+,25-,26-,27+,31-/m1/s1. The second-order valence-corrected chi connectivity index (χ2v) is 11.6. The maximum atomic E-state index is 13.7. The van der Waals surface area contributed by atoms with E-state index in [2.05, 4.69) is 0 Å². The zero-order valence-corrected chi connectivity index (χ0v) is 23.9. The Morgan fingerprint density at radius 1 is 0.974 bits per heavy atom. The summed E-state index contributed by atoms with van der Waals surface area (Å²) in [5.74, 6) is -3.16. The van der Waals surface area contributed by atoms with Crippen molar-refractivity contribution in [3.05, 3.63) is 59.2 Å². The molecule has 6 atom stereocenters. The van der Waals surface area contributed by atoms with E-state index in [9.17, 15) is 24.3 Å². The third kappa shape index (κ3) is 6.85. The Kier molecular flexibility index (Phi) is 9.21. The summed E-state index contributed by atoms with van der Waals surface area (Å²) in [4.78, 5) is 50.9. The highest BCUT2D eigenvalue weighted by Gasteiger charge is 2.56. The summed E-state index contributed by atoms with van der Waals surface area (Å²) < 4.78 is 17.3. The van der Waals surface area contributed by atoms with Gasteiger partial charge in [0.15, 0.2) is 5.78 Å². The lowest BCUT2D eigenvalue weighted by molar-refractivity contribution is -0.154. The molecule has 1 N–H and O–H groups in total. The number of carbonyl (C=O) groups is 4. The number of ketones is 1. The monoisotopic (exact) mass is 540 g/mol. The molecule has 2 aliphatic carbocycles. The summed E-state index contributed by atoms with van der Waals surface area (Å²) in [5, 5.41) is 11.8. The number of esters is 3. The van der Waals surface area contributed by atoms with E-state index in [0.29, 0.717) is 23.1 Å². The predicted octanol–water partition coefficient (Wildman–Crippen LogP) is 4.74. The SMILES string of the molecule is CC(=O)O[C@H]1[C@H](C)C[C@]2(O)C(=O)/C(C)=C/CC(C)(C)[C@H](OC(C)=O)C[C@@H](OC(=O)c3ccccc3)/C(C)=C/[C@@H]12. The highest BCUT2D eigenvalue weighted by Crippen LogP contribution is 2.46. The summed E-state index contributed by atoms with van der Waals surface area (Å²) in [6, 6.07) is 8.54. The molecule has 212 valence electrons. The maximum Gasteiger partial charge on any atom is 0.338 e. The first-order chi connectivity index (χ1) is 18.2. The van der Waals surface area contributed by atoms with E-state index in [-0.39, 0.29) is 18.8 Å². The number of aliphatic hydroxyl groups is 1. The third-order valence-corrected chi connectivity index (χ3v) is 7.90. The van der Waals surface area contributed by atoms with Gasteiger partial charge in [-0.3, -0.25) is 14.4 Å². The number of fused-ring (bicyclic) bond motifs is 1. The van der Waals surface area contributed by atoms with Gasteiger partial charge in [-0.25, -0.2) is 4.79 Å². The van der Waals surface area contributed by atoms with Gasteiger partial charge in [-0.2, -0.15) is 0 Å². The van der Waals surface area contributed by atoms with E-state index >= 15 is 0 Å². The van der Waals surface area contributed by atoms with Crippen LogP contribution in [-0.2, 0) is 28.6 Å². The van der Waals surface area contributed by atoms with Crippen LogP contribution in [0.5, 0.6) is 0 Å². The van der Waals surface area contributed by atoms with Crippen molar-refractivity contribution >= 4 is 23.7 Å². The van der Waals surface area contributed by atoms with E-state index in [1.807, 2.05) is 20.8 Å². The van der Waals surface area contributed by atoms with Gasteiger partial charge in [-0.1, -0.05) is 51.1 Å². The predicted molar refractivity (Wildman–Crippen MR) is 145 cm³/mol. The van der Waals surface area contributed by atoms with Crippen LogP contribution in [0.3, 0.4) is 0 Å². The van der Waals surface area contributed by atoms with Crippen molar-refractivity contribution in [1.82, 2.24) is 0 Å². The summed E-state index contributed by atoms with van der Waals surface area (Å²) in [7, 11) is 0. The van der Waals surface area contributed by atoms with Crippen LogP contribution in [-0.4, -0.2) is 52.7 Å². The molecule has 2 aliphatic rings. The number of hydrogen-bond acceptors (Lipinski definition) is 8. The van der Waals surface area contributed by atoms with Crippen molar-refractivity contribution < 1.29 is 38.5 Å². The molecule has 0 aliphatic heterocycles. The number of allylic oxidation sites excluding steroid dienone is 1. The highest BCUT2D eigenvalue weighted by molar-refractivity contribution is 6.02. The zero-order chi connectivity index (χ0) is 29.1. The molecule has 8 heteroatoms. The fraction of sp³-hybridized carbons (Fsp3) is 0.548. The number of Topliss-reactive ketones (excluding diaryl/α,β-unsaturated/α-hetero) is 1. The summed E-state index contributed by atoms with van der Waals surface area (Å²) in [6.07, 6.45) is 1.81. The largest absolute Gasteiger partial charge is 0.462 e. The Bertz CT molecular complexity index is 1160. The summed E-state index contributed by atoms with van der Waals surface area (Å²) in [5.41, 5.74) is -1.15. The van der Waals surface area contributed by atoms with Crippen LogP contribution < -0.4 is 0 Å². The topological polar surface area (TPSA) is 116 Å². The average Bonchev–Trinajstić information content (AvgIpc) is 3.09. The Hall–Kier alpha value is -3.26. The first kappa shape index (κ1) is 30.3. The fourth-order valence-electron chi connectivity index (χ4n) is 5.62. The van der Waals surface area contributed by atoms with Gasteiger partial charge in [0.1, 0.15) is 23.9 Å². The fourth-order valence-corrected chi connectivity index (χ4v) is 5.62.